The summed E-state index contributed by atoms with van der Waals surface area (Å²) in [6.45, 7) is 7.29. The number of carbonyl (C=O) groups is 1. The third kappa shape index (κ3) is 3.70. The fraction of sp³-hybridized carbons (Fsp3) is 0.500. The van der Waals surface area contributed by atoms with Crippen molar-refractivity contribution in [1.82, 2.24) is 9.80 Å². The van der Waals surface area contributed by atoms with E-state index in [1.807, 2.05) is 22.6 Å². The highest BCUT2D eigenvalue weighted by Gasteiger charge is 2.25. The third-order valence-corrected chi connectivity index (χ3v) is 4.66. The fourth-order valence-corrected chi connectivity index (χ4v) is 2.97. The van der Waals surface area contributed by atoms with Gasteiger partial charge in [0.25, 0.3) is 11.6 Å². The predicted molar refractivity (Wildman–Crippen MR) is 88.4 cm³/mol. The molecule has 0 aliphatic carbocycles. The molecule has 1 saturated heterocycles. The highest BCUT2D eigenvalue weighted by Crippen LogP contribution is 2.21. The Morgan fingerprint density at radius 3 is 2.43 bits per heavy atom. The number of carbonyl (C=O) groups excluding carboxylic acids is 1. The Labute approximate surface area is 137 Å². The summed E-state index contributed by atoms with van der Waals surface area (Å²) in [6.07, 6.45) is 0. The van der Waals surface area contributed by atoms with Crippen LogP contribution in [0.3, 0.4) is 0 Å². The molecule has 6 nitrogen and oxygen atoms in total. The topological polar surface area (TPSA) is 66.7 Å². The van der Waals surface area contributed by atoms with Crippen LogP contribution in [0.2, 0.25) is 0 Å². The maximum atomic E-state index is 12.6. The van der Waals surface area contributed by atoms with Gasteiger partial charge in [-0.3, -0.25) is 19.8 Å². The lowest BCUT2D eigenvalue weighted by Crippen LogP contribution is -2.50. The average Bonchev–Trinajstić information content (AvgIpc) is 2.47. The number of nitro benzene ring substituents is 1. The van der Waals surface area contributed by atoms with E-state index in [0.29, 0.717) is 24.7 Å². The van der Waals surface area contributed by atoms with Crippen LogP contribution in [0.15, 0.2) is 18.2 Å². The molecule has 1 aliphatic heterocycles. The summed E-state index contributed by atoms with van der Waals surface area (Å²) in [5, 5.41) is 10.9. The van der Waals surface area contributed by atoms with Gasteiger partial charge >= 0.3 is 0 Å². The van der Waals surface area contributed by atoms with Crippen LogP contribution in [-0.4, -0.2) is 52.9 Å². The Kier molecular flexibility index (Phi) is 5.15. The van der Waals surface area contributed by atoms with Crippen LogP contribution < -0.4 is 0 Å². The quantitative estimate of drug-likeness (QED) is 0.442. The van der Waals surface area contributed by atoms with E-state index >= 15 is 0 Å². The Morgan fingerprint density at radius 2 is 1.90 bits per heavy atom. The van der Waals surface area contributed by atoms with Crippen LogP contribution in [-0.2, 0) is 0 Å². The maximum absolute atomic E-state index is 12.6. The molecule has 1 aromatic carbocycles. The summed E-state index contributed by atoms with van der Waals surface area (Å²) in [4.78, 5) is 27.0. The Balaban J connectivity index is 2.14. The van der Waals surface area contributed by atoms with Gasteiger partial charge in [0.2, 0.25) is 0 Å². The first kappa shape index (κ1) is 16.2. The number of non-ortho nitro benzene ring substituents is 1. The molecule has 0 unspecified atom stereocenters. The van der Waals surface area contributed by atoms with Gasteiger partial charge < -0.3 is 4.90 Å². The van der Waals surface area contributed by atoms with Crippen molar-refractivity contribution in [3.8, 4) is 0 Å². The SMILES string of the molecule is CC(C)N1CCN(C(=O)c2cc([N+](=O)[O-])ccc2I)CC1. The number of amides is 1. The minimum absolute atomic E-state index is 0.0421. The zero-order valence-corrected chi connectivity index (χ0v) is 14.2. The van der Waals surface area contributed by atoms with Crippen molar-refractivity contribution in [2.75, 3.05) is 26.2 Å². The van der Waals surface area contributed by atoms with Crippen molar-refractivity contribution in [2.24, 2.45) is 0 Å². The molecule has 0 bridgehead atoms. The second kappa shape index (κ2) is 6.69. The second-order valence-electron chi connectivity index (χ2n) is 5.34. The summed E-state index contributed by atoms with van der Waals surface area (Å²) in [5.41, 5.74) is 0.377. The van der Waals surface area contributed by atoms with E-state index in [9.17, 15) is 14.9 Å². The van der Waals surface area contributed by atoms with Crippen LogP contribution >= 0.6 is 22.6 Å². The largest absolute Gasteiger partial charge is 0.336 e. The molecule has 0 aromatic heterocycles. The van der Waals surface area contributed by atoms with Crippen LogP contribution in [0.5, 0.6) is 0 Å². The van der Waals surface area contributed by atoms with Gasteiger partial charge in [0, 0.05) is 47.9 Å². The molecule has 1 aromatic rings. The van der Waals surface area contributed by atoms with Gasteiger partial charge in [0.1, 0.15) is 0 Å². The molecule has 1 amide bonds. The van der Waals surface area contributed by atoms with Gasteiger partial charge in [0.15, 0.2) is 0 Å². The molecule has 0 radical (unpaired) electrons. The number of hydrogen-bond donors (Lipinski definition) is 0. The Bertz CT molecular complexity index is 554. The summed E-state index contributed by atoms with van der Waals surface area (Å²) in [7, 11) is 0. The predicted octanol–water partition coefficient (Wildman–Crippen LogP) is 2.37. The van der Waals surface area contributed by atoms with E-state index in [1.165, 1.54) is 12.1 Å². The van der Waals surface area contributed by atoms with E-state index in [1.54, 1.807) is 11.0 Å². The van der Waals surface area contributed by atoms with E-state index in [4.69, 9.17) is 0 Å². The van der Waals surface area contributed by atoms with Crippen LogP contribution in [0, 0.1) is 13.7 Å². The number of hydrogen-bond acceptors (Lipinski definition) is 4. The number of benzene rings is 1. The lowest BCUT2D eigenvalue weighted by molar-refractivity contribution is -0.384. The van der Waals surface area contributed by atoms with Crippen LogP contribution in [0.25, 0.3) is 0 Å². The first-order valence-corrected chi connectivity index (χ1v) is 7.95. The first-order valence-electron chi connectivity index (χ1n) is 6.87. The average molecular weight is 403 g/mol. The van der Waals surface area contributed by atoms with Crippen molar-refractivity contribution < 1.29 is 9.72 Å². The zero-order valence-electron chi connectivity index (χ0n) is 12.1. The van der Waals surface area contributed by atoms with Crippen molar-refractivity contribution in [3.63, 3.8) is 0 Å². The molecule has 0 atom stereocenters. The molecule has 114 valence electrons. The maximum Gasteiger partial charge on any atom is 0.270 e. The molecule has 1 heterocycles. The molecule has 0 spiro atoms. The summed E-state index contributed by atoms with van der Waals surface area (Å²) >= 11 is 2.05. The van der Waals surface area contributed by atoms with Crippen LogP contribution in [0.1, 0.15) is 24.2 Å². The summed E-state index contributed by atoms with van der Waals surface area (Å²) in [6, 6.07) is 4.89. The molecule has 1 aliphatic rings. The molecular weight excluding hydrogens is 385 g/mol. The number of nitrogens with zero attached hydrogens (tertiary/aromatic N) is 3. The van der Waals surface area contributed by atoms with Crippen LogP contribution in [0.4, 0.5) is 5.69 Å². The lowest BCUT2D eigenvalue weighted by Gasteiger charge is -2.37. The minimum atomic E-state index is -0.469. The number of nitro groups is 1. The van der Waals surface area contributed by atoms with E-state index in [-0.39, 0.29) is 11.6 Å². The monoisotopic (exact) mass is 403 g/mol. The van der Waals surface area contributed by atoms with Crippen molar-refractivity contribution >= 4 is 34.2 Å². The first-order chi connectivity index (χ1) is 9.90. The molecule has 7 heteroatoms. The van der Waals surface area contributed by atoms with Gasteiger partial charge in [0.05, 0.1) is 10.5 Å². The second-order valence-corrected chi connectivity index (χ2v) is 6.51. The highest BCUT2D eigenvalue weighted by molar-refractivity contribution is 14.1. The van der Waals surface area contributed by atoms with E-state index in [2.05, 4.69) is 18.7 Å². The summed E-state index contributed by atoms with van der Waals surface area (Å²) in [5.74, 6) is -0.119. The van der Waals surface area contributed by atoms with Gasteiger partial charge in [-0.1, -0.05) is 0 Å². The zero-order chi connectivity index (χ0) is 15.6. The van der Waals surface area contributed by atoms with Gasteiger partial charge in [-0.15, -0.1) is 0 Å². The standard InChI is InChI=1S/C14H18IN3O3/c1-10(2)16-5-7-17(8-6-16)14(19)12-9-11(18(20)21)3-4-13(12)15/h3-4,9-10H,5-8H2,1-2H3. The molecule has 0 N–H and O–H groups in total. The summed E-state index contributed by atoms with van der Waals surface area (Å²) < 4.78 is 0.745. The van der Waals surface area contributed by atoms with Crippen molar-refractivity contribution in [3.05, 3.63) is 37.4 Å². The molecule has 1 fully saturated rings. The van der Waals surface area contributed by atoms with E-state index < -0.39 is 4.92 Å². The van der Waals surface area contributed by atoms with Crippen molar-refractivity contribution in [2.45, 2.75) is 19.9 Å². The number of halogens is 1. The molecule has 21 heavy (non-hydrogen) atoms. The third-order valence-electron chi connectivity index (χ3n) is 3.72. The van der Waals surface area contributed by atoms with E-state index in [0.717, 1.165) is 16.7 Å². The molecule has 2 rings (SSSR count). The fourth-order valence-electron chi connectivity index (χ4n) is 2.40. The minimum Gasteiger partial charge on any atom is -0.336 e. The Morgan fingerprint density at radius 1 is 1.29 bits per heavy atom. The van der Waals surface area contributed by atoms with Crippen molar-refractivity contribution in [1.29, 1.82) is 0 Å². The highest BCUT2D eigenvalue weighted by atomic mass is 127. The number of piperazine rings is 1. The molecule has 0 saturated carbocycles. The smallest absolute Gasteiger partial charge is 0.270 e. The van der Waals surface area contributed by atoms with Gasteiger partial charge in [-0.2, -0.15) is 0 Å². The van der Waals surface area contributed by atoms with Gasteiger partial charge in [-0.25, -0.2) is 0 Å². The Hall–Kier alpha value is -1.22. The van der Waals surface area contributed by atoms with Gasteiger partial charge in [-0.05, 0) is 42.5 Å². The lowest BCUT2D eigenvalue weighted by atomic mass is 10.1. The molecular formula is C14H18IN3O3. The normalized spacial score (nSPS) is 16.3. The number of rotatable bonds is 3.